The fourth-order valence-corrected chi connectivity index (χ4v) is 2.85. The van der Waals surface area contributed by atoms with Gasteiger partial charge in [-0.15, -0.1) is 0 Å². The molecule has 0 aliphatic carbocycles. The van der Waals surface area contributed by atoms with Gasteiger partial charge in [0.1, 0.15) is 0 Å². The molecular weight excluding hydrogens is 441 g/mol. The lowest BCUT2D eigenvalue weighted by Crippen LogP contribution is -2.16. The van der Waals surface area contributed by atoms with Crippen LogP contribution in [0.2, 0.25) is 0 Å². The molecule has 5 nitrogen and oxygen atoms in total. The molecule has 6 heteroatoms. The summed E-state index contributed by atoms with van der Waals surface area (Å²) in [6, 6.07) is 15.3. The first-order valence-electron chi connectivity index (χ1n) is 8.13. The van der Waals surface area contributed by atoms with Gasteiger partial charge in [-0.3, -0.25) is 4.79 Å². The van der Waals surface area contributed by atoms with E-state index < -0.39 is 0 Å². The lowest BCUT2D eigenvalue weighted by molar-refractivity contribution is -0.115. The Labute approximate surface area is 165 Å². The molecule has 2 aromatic carbocycles. The third-order valence-electron chi connectivity index (χ3n) is 3.91. The number of halogens is 1. The Kier molecular flexibility index (Phi) is 5.95. The molecule has 132 valence electrons. The van der Waals surface area contributed by atoms with Crippen LogP contribution in [0.1, 0.15) is 16.8 Å². The zero-order valence-electron chi connectivity index (χ0n) is 14.2. The zero-order valence-corrected chi connectivity index (χ0v) is 16.4. The topological polar surface area (TPSA) is 75.1 Å². The highest BCUT2D eigenvalue weighted by Crippen LogP contribution is 2.20. The molecule has 2 N–H and O–H groups in total. The van der Waals surface area contributed by atoms with E-state index in [0.29, 0.717) is 17.9 Å². The first-order valence-corrected chi connectivity index (χ1v) is 9.21. The number of anilines is 1. The normalized spacial score (nSPS) is 10.6. The van der Waals surface area contributed by atoms with Crippen molar-refractivity contribution in [3.63, 3.8) is 0 Å². The van der Waals surface area contributed by atoms with Gasteiger partial charge in [0, 0.05) is 9.13 Å². The Morgan fingerprint density at radius 2 is 1.73 bits per heavy atom. The summed E-state index contributed by atoms with van der Waals surface area (Å²) in [5.74, 6) is 0.347. The number of hydrogen-bond acceptors (Lipinski definition) is 4. The lowest BCUT2D eigenvalue weighted by Gasteiger charge is -2.09. The standard InChI is InChI=1S/C20H18IN3O2/c1-13-20(24-19(26)10-14-4-8-17(21)9-5-14)22-11-18(23-13)16-6-2-15(12-25)3-7-16/h2-9,11,25H,10,12H2,1H3,(H,22,24,26). The number of carbonyl (C=O) groups excluding carboxylic acids is 1. The summed E-state index contributed by atoms with van der Waals surface area (Å²) in [6.07, 6.45) is 1.93. The van der Waals surface area contributed by atoms with Crippen LogP contribution in [0.3, 0.4) is 0 Å². The van der Waals surface area contributed by atoms with Crippen molar-refractivity contribution in [3.05, 3.63) is 75.1 Å². The highest BCUT2D eigenvalue weighted by atomic mass is 127. The van der Waals surface area contributed by atoms with Crippen LogP contribution in [-0.4, -0.2) is 21.0 Å². The van der Waals surface area contributed by atoms with Crippen molar-refractivity contribution >= 4 is 34.3 Å². The molecule has 3 aromatic rings. The largest absolute Gasteiger partial charge is 0.392 e. The first-order chi connectivity index (χ1) is 12.5. The monoisotopic (exact) mass is 459 g/mol. The van der Waals surface area contributed by atoms with E-state index in [1.807, 2.05) is 55.5 Å². The van der Waals surface area contributed by atoms with Crippen LogP contribution < -0.4 is 5.32 Å². The van der Waals surface area contributed by atoms with Crippen molar-refractivity contribution in [2.24, 2.45) is 0 Å². The molecular formula is C20H18IN3O2. The highest BCUT2D eigenvalue weighted by Gasteiger charge is 2.10. The van der Waals surface area contributed by atoms with Gasteiger partial charge in [-0.25, -0.2) is 9.97 Å². The van der Waals surface area contributed by atoms with E-state index in [1.165, 1.54) is 0 Å². The van der Waals surface area contributed by atoms with Crippen molar-refractivity contribution in [2.75, 3.05) is 5.32 Å². The van der Waals surface area contributed by atoms with Crippen LogP contribution in [0, 0.1) is 10.5 Å². The van der Waals surface area contributed by atoms with Gasteiger partial charge in [0.25, 0.3) is 0 Å². The second kappa shape index (κ2) is 8.37. The third kappa shape index (κ3) is 4.64. The minimum absolute atomic E-state index is 0.0104. The number of hydrogen-bond donors (Lipinski definition) is 2. The number of aromatic nitrogens is 2. The number of amides is 1. The predicted octanol–water partition coefficient (Wildman–Crippen LogP) is 3.73. The molecule has 0 fully saturated rings. The number of nitrogens with one attached hydrogen (secondary N) is 1. The number of nitrogens with zero attached hydrogens (tertiary/aromatic N) is 2. The molecule has 0 atom stereocenters. The van der Waals surface area contributed by atoms with Gasteiger partial charge in [-0.2, -0.15) is 0 Å². The van der Waals surface area contributed by atoms with Gasteiger partial charge in [-0.05, 0) is 52.8 Å². The molecule has 0 unspecified atom stereocenters. The molecule has 0 radical (unpaired) electrons. The smallest absolute Gasteiger partial charge is 0.229 e. The SMILES string of the molecule is Cc1nc(-c2ccc(CO)cc2)cnc1NC(=O)Cc1ccc(I)cc1. The quantitative estimate of drug-likeness (QED) is 0.571. The van der Waals surface area contributed by atoms with E-state index in [4.69, 9.17) is 5.11 Å². The number of aliphatic hydroxyl groups is 1. The molecule has 1 amide bonds. The van der Waals surface area contributed by atoms with Crippen LogP contribution in [0.15, 0.2) is 54.7 Å². The van der Waals surface area contributed by atoms with Gasteiger partial charge < -0.3 is 10.4 Å². The average Bonchev–Trinajstić information content (AvgIpc) is 2.65. The summed E-state index contributed by atoms with van der Waals surface area (Å²) < 4.78 is 1.14. The number of aliphatic hydroxyl groups excluding tert-OH is 1. The van der Waals surface area contributed by atoms with E-state index in [-0.39, 0.29) is 12.5 Å². The first kappa shape index (κ1) is 18.5. The van der Waals surface area contributed by atoms with Crippen LogP contribution in [0.25, 0.3) is 11.3 Å². The third-order valence-corrected chi connectivity index (χ3v) is 4.63. The summed E-state index contributed by atoms with van der Waals surface area (Å²) in [5.41, 5.74) is 4.09. The second-order valence-electron chi connectivity index (χ2n) is 5.90. The molecule has 0 bridgehead atoms. The van der Waals surface area contributed by atoms with Gasteiger partial charge in [-0.1, -0.05) is 36.4 Å². The van der Waals surface area contributed by atoms with Crippen molar-refractivity contribution < 1.29 is 9.90 Å². The van der Waals surface area contributed by atoms with Crippen LogP contribution in [-0.2, 0) is 17.8 Å². The van der Waals surface area contributed by atoms with Crippen molar-refractivity contribution in [1.82, 2.24) is 9.97 Å². The van der Waals surface area contributed by atoms with Gasteiger partial charge in [0.15, 0.2) is 5.82 Å². The average molecular weight is 459 g/mol. The predicted molar refractivity (Wildman–Crippen MR) is 110 cm³/mol. The Hall–Kier alpha value is -2.32. The molecule has 0 spiro atoms. The van der Waals surface area contributed by atoms with Crippen LogP contribution in [0.4, 0.5) is 5.82 Å². The summed E-state index contributed by atoms with van der Waals surface area (Å²) in [5, 5.41) is 11.9. The van der Waals surface area contributed by atoms with E-state index in [9.17, 15) is 4.79 Å². The summed E-state index contributed by atoms with van der Waals surface area (Å²) in [6.45, 7) is 1.83. The van der Waals surface area contributed by atoms with E-state index >= 15 is 0 Å². The second-order valence-corrected chi connectivity index (χ2v) is 7.14. The lowest BCUT2D eigenvalue weighted by atomic mass is 10.1. The fraction of sp³-hybridized carbons (Fsp3) is 0.150. The number of carbonyl (C=O) groups is 1. The van der Waals surface area contributed by atoms with Gasteiger partial charge in [0.2, 0.25) is 5.91 Å². The van der Waals surface area contributed by atoms with Crippen molar-refractivity contribution in [3.8, 4) is 11.3 Å². The van der Waals surface area contributed by atoms with Crippen LogP contribution >= 0.6 is 22.6 Å². The number of benzene rings is 2. The Morgan fingerprint density at radius 1 is 1.08 bits per heavy atom. The van der Waals surface area contributed by atoms with Gasteiger partial charge in [0.05, 0.1) is 30.6 Å². The Morgan fingerprint density at radius 3 is 2.35 bits per heavy atom. The molecule has 0 saturated heterocycles. The minimum atomic E-state index is -0.122. The number of aryl methyl sites for hydroxylation is 1. The molecule has 3 rings (SSSR count). The fourth-order valence-electron chi connectivity index (χ4n) is 2.49. The van der Waals surface area contributed by atoms with Gasteiger partial charge >= 0.3 is 0 Å². The molecule has 26 heavy (non-hydrogen) atoms. The Balaban J connectivity index is 1.70. The van der Waals surface area contributed by atoms with E-state index in [2.05, 4.69) is 37.9 Å². The number of rotatable bonds is 5. The zero-order chi connectivity index (χ0) is 18.5. The van der Waals surface area contributed by atoms with Crippen molar-refractivity contribution in [2.45, 2.75) is 20.0 Å². The van der Waals surface area contributed by atoms with Crippen molar-refractivity contribution in [1.29, 1.82) is 0 Å². The maximum Gasteiger partial charge on any atom is 0.229 e. The minimum Gasteiger partial charge on any atom is -0.392 e. The summed E-state index contributed by atoms with van der Waals surface area (Å²) >= 11 is 2.23. The highest BCUT2D eigenvalue weighted by molar-refractivity contribution is 14.1. The van der Waals surface area contributed by atoms with E-state index in [1.54, 1.807) is 6.20 Å². The molecule has 1 aromatic heterocycles. The molecule has 1 heterocycles. The summed E-state index contributed by atoms with van der Waals surface area (Å²) in [7, 11) is 0. The maximum atomic E-state index is 12.2. The van der Waals surface area contributed by atoms with Crippen LogP contribution in [0.5, 0.6) is 0 Å². The molecule has 0 saturated carbocycles. The summed E-state index contributed by atoms with van der Waals surface area (Å²) in [4.78, 5) is 21.1. The maximum absolute atomic E-state index is 12.2. The Bertz CT molecular complexity index is 909. The van der Waals surface area contributed by atoms with E-state index in [0.717, 1.165) is 26.0 Å². The molecule has 0 aliphatic heterocycles. The molecule has 0 aliphatic rings.